The quantitative estimate of drug-likeness (QED) is 0.843. The number of terminal acetylenes is 1. The van der Waals surface area contributed by atoms with Crippen LogP contribution in [-0.4, -0.2) is 13.4 Å². The minimum atomic E-state index is -3.78. The summed E-state index contributed by atoms with van der Waals surface area (Å²) in [6.45, 7) is 1.53. The molecule has 0 aliphatic rings. The van der Waals surface area contributed by atoms with Gasteiger partial charge in [0.25, 0.3) is 10.0 Å². The largest absolute Gasteiger partial charge is 0.315 e. The van der Waals surface area contributed by atoms with Crippen LogP contribution < -0.4 is 9.60 Å². The van der Waals surface area contributed by atoms with Crippen LogP contribution in [0.4, 0.5) is 5.69 Å². The number of anilines is 1. The lowest BCUT2D eigenvalue weighted by Crippen LogP contribution is -2.12. The molecule has 1 heterocycles. The SMILES string of the molecule is C#Cc1cccc(NS(=O)(=O)c2sc(=O)[nH]c2C)c1. The molecule has 0 saturated heterocycles. The first-order chi connectivity index (χ1) is 8.92. The molecule has 0 atom stereocenters. The van der Waals surface area contributed by atoms with Crippen LogP contribution in [0.2, 0.25) is 0 Å². The highest BCUT2D eigenvalue weighted by Gasteiger charge is 2.20. The summed E-state index contributed by atoms with van der Waals surface area (Å²) in [4.78, 5) is 13.2. The minimum Gasteiger partial charge on any atom is -0.315 e. The normalized spacial score (nSPS) is 10.9. The molecule has 1 aromatic heterocycles. The maximum Gasteiger partial charge on any atom is 0.306 e. The summed E-state index contributed by atoms with van der Waals surface area (Å²) in [5.41, 5.74) is 1.24. The van der Waals surface area contributed by atoms with Crippen molar-refractivity contribution in [3.8, 4) is 12.3 Å². The van der Waals surface area contributed by atoms with E-state index in [1.165, 1.54) is 6.92 Å². The molecule has 2 aromatic rings. The van der Waals surface area contributed by atoms with Gasteiger partial charge in [-0.2, -0.15) is 0 Å². The molecule has 19 heavy (non-hydrogen) atoms. The van der Waals surface area contributed by atoms with Crippen LogP contribution in [0.25, 0.3) is 0 Å². The summed E-state index contributed by atoms with van der Waals surface area (Å²) in [6.07, 6.45) is 5.25. The van der Waals surface area contributed by atoms with Gasteiger partial charge < -0.3 is 4.98 Å². The van der Waals surface area contributed by atoms with E-state index >= 15 is 0 Å². The standard InChI is InChI=1S/C12H10N2O3S2/c1-3-9-5-4-6-10(7-9)14-19(16,17)11-8(2)13-12(15)18-11/h1,4-7,14H,2H3,(H,13,15). The number of hydrogen-bond donors (Lipinski definition) is 2. The second-order valence-corrected chi connectivity index (χ2v) is 6.62. The van der Waals surface area contributed by atoms with Gasteiger partial charge in [-0.3, -0.25) is 9.52 Å². The van der Waals surface area contributed by atoms with Crippen molar-refractivity contribution in [2.45, 2.75) is 11.1 Å². The van der Waals surface area contributed by atoms with Crippen molar-refractivity contribution >= 4 is 27.0 Å². The molecule has 0 aliphatic carbocycles. The molecule has 5 nitrogen and oxygen atoms in total. The molecule has 0 amide bonds. The van der Waals surface area contributed by atoms with Crippen LogP contribution in [0.1, 0.15) is 11.3 Å². The number of aromatic nitrogens is 1. The topological polar surface area (TPSA) is 79.0 Å². The van der Waals surface area contributed by atoms with Gasteiger partial charge >= 0.3 is 4.87 Å². The van der Waals surface area contributed by atoms with Crippen molar-refractivity contribution in [3.63, 3.8) is 0 Å². The zero-order chi connectivity index (χ0) is 14.0. The predicted octanol–water partition coefficient (Wildman–Crippen LogP) is 1.53. The number of aromatic amines is 1. The van der Waals surface area contributed by atoms with E-state index in [4.69, 9.17) is 6.42 Å². The van der Waals surface area contributed by atoms with E-state index in [9.17, 15) is 13.2 Å². The fraction of sp³-hybridized carbons (Fsp3) is 0.0833. The Balaban J connectivity index is 2.39. The molecule has 0 spiro atoms. The third-order valence-corrected chi connectivity index (χ3v) is 5.29. The number of aryl methyl sites for hydroxylation is 1. The van der Waals surface area contributed by atoms with Crippen molar-refractivity contribution in [2.75, 3.05) is 4.72 Å². The summed E-state index contributed by atoms with van der Waals surface area (Å²) < 4.78 is 26.6. The van der Waals surface area contributed by atoms with Crippen LogP contribution >= 0.6 is 11.3 Å². The highest BCUT2D eigenvalue weighted by molar-refractivity contribution is 7.94. The highest BCUT2D eigenvalue weighted by atomic mass is 32.2. The molecule has 2 N–H and O–H groups in total. The molecule has 7 heteroatoms. The summed E-state index contributed by atoms with van der Waals surface area (Å²) >= 11 is 0.649. The van der Waals surface area contributed by atoms with Crippen LogP contribution in [0.5, 0.6) is 0 Å². The molecule has 0 bridgehead atoms. The van der Waals surface area contributed by atoms with E-state index in [2.05, 4.69) is 15.6 Å². The Labute approximate surface area is 114 Å². The Kier molecular flexibility index (Phi) is 3.46. The Morgan fingerprint density at radius 2 is 2.16 bits per heavy atom. The Morgan fingerprint density at radius 3 is 2.74 bits per heavy atom. The Morgan fingerprint density at radius 1 is 1.42 bits per heavy atom. The van der Waals surface area contributed by atoms with Crippen LogP contribution in [0.15, 0.2) is 33.3 Å². The molecule has 0 unspecified atom stereocenters. The van der Waals surface area contributed by atoms with Gasteiger partial charge in [0.1, 0.15) is 0 Å². The predicted molar refractivity (Wildman–Crippen MR) is 74.9 cm³/mol. The number of rotatable bonds is 3. The Hall–Kier alpha value is -2.04. The third-order valence-electron chi connectivity index (χ3n) is 2.31. The van der Waals surface area contributed by atoms with Crippen LogP contribution in [-0.2, 0) is 10.0 Å². The molecule has 0 aliphatic heterocycles. The van der Waals surface area contributed by atoms with E-state index in [0.29, 0.717) is 28.3 Å². The molecular weight excluding hydrogens is 284 g/mol. The van der Waals surface area contributed by atoms with Gasteiger partial charge in [0.15, 0.2) is 4.21 Å². The van der Waals surface area contributed by atoms with Crippen molar-refractivity contribution < 1.29 is 8.42 Å². The number of nitrogens with one attached hydrogen (secondary N) is 2. The molecule has 0 radical (unpaired) electrons. The summed E-state index contributed by atoms with van der Waals surface area (Å²) in [5.74, 6) is 2.42. The second kappa shape index (κ2) is 4.91. The average Bonchev–Trinajstić information content (AvgIpc) is 2.69. The van der Waals surface area contributed by atoms with Crippen molar-refractivity contribution in [2.24, 2.45) is 0 Å². The molecule has 1 aromatic carbocycles. The van der Waals surface area contributed by atoms with E-state index in [-0.39, 0.29) is 4.21 Å². The van der Waals surface area contributed by atoms with Gasteiger partial charge in [0.2, 0.25) is 0 Å². The zero-order valence-electron chi connectivity index (χ0n) is 9.93. The van der Waals surface area contributed by atoms with Gasteiger partial charge in [-0.05, 0) is 25.1 Å². The smallest absolute Gasteiger partial charge is 0.306 e. The molecule has 0 saturated carbocycles. The van der Waals surface area contributed by atoms with Gasteiger partial charge in [-0.15, -0.1) is 6.42 Å². The van der Waals surface area contributed by atoms with Gasteiger partial charge in [-0.25, -0.2) is 8.42 Å². The van der Waals surface area contributed by atoms with Gasteiger partial charge in [0.05, 0.1) is 5.69 Å². The number of sulfonamides is 1. The van der Waals surface area contributed by atoms with E-state index in [1.807, 2.05) is 0 Å². The number of hydrogen-bond acceptors (Lipinski definition) is 4. The van der Waals surface area contributed by atoms with Crippen molar-refractivity contribution in [3.05, 3.63) is 45.2 Å². The fourth-order valence-electron chi connectivity index (χ4n) is 1.52. The first kappa shape index (κ1) is 13.4. The zero-order valence-corrected chi connectivity index (χ0v) is 11.6. The van der Waals surface area contributed by atoms with Crippen molar-refractivity contribution in [1.82, 2.24) is 4.98 Å². The molecule has 0 fully saturated rings. The van der Waals surface area contributed by atoms with Crippen LogP contribution in [0, 0.1) is 19.3 Å². The first-order valence-electron chi connectivity index (χ1n) is 5.21. The highest BCUT2D eigenvalue weighted by Crippen LogP contribution is 2.20. The lowest BCUT2D eigenvalue weighted by Gasteiger charge is -2.06. The van der Waals surface area contributed by atoms with Gasteiger partial charge in [-0.1, -0.05) is 23.3 Å². The van der Waals surface area contributed by atoms with Gasteiger partial charge in [0, 0.05) is 11.3 Å². The maximum atomic E-state index is 12.1. The second-order valence-electron chi connectivity index (χ2n) is 3.76. The Bertz CT molecular complexity index is 810. The molecule has 98 valence electrons. The average molecular weight is 294 g/mol. The third kappa shape index (κ3) is 2.86. The molecular formula is C12H10N2O3S2. The van der Waals surface area contributed by atoms with Crippen molar-refractivity contribution in [1.29, 1.82) is 0 Å². The summed E-state index contributed by atoms with van der Waals surface area (Å²) in [7, 11) is -3.78. The first-order valence-corrected chi connectivity index (χ1v) is 7.51. The summed E-state index contributed by atoms with van der Waals surface area (Å²) in [6, 6.07) is 6.47. The van der Waals surface area contributed by atoms with E-state index in [1.54, 1.807) is 24.3 Å². The number of H-pyrrole nitrogens is 1. The number of benzene rings is 1. The minimum absolute atomic E-state index is 0.0244. The number of thiazole rings is 1. The van der Waals surface area contributed by atoms with E-state index < -0.39 is 14.9 Å². The van der Waals surface area contributed by atoms with Crippen LogP contribution in [0.3, 0.4) is 0 Å². The summed E-state index contributed by atoms with van der Waals surface area (Å²) in [5, 5.41) is 0. The lowest BCUT2D eigenvalue weighted by atomic mass is 10.2. The lowest BCUT2D eigenvalue weighted by molar-refractivity contribution is 0.602. The monoisotopic (exact) mass is 294 g/mol. The van der Waals surface area contributed by atoms with E-state index in [0.717, 1.165) is 0 Å². The maximum absolute atomic E-state index is 12.1. The fourth-order valence-corrected chi connectivity index (χ4v) is 3.87. The molecule has 2 rings (SSSR count).